The minimum Gasteiger partial charge on any atom is -0.508 e. The van der Waals surface area contributed by atoms with Crippen molar-refractivity contribution in [2.45, 2.75) is 103 Å². The maximum Gasteiger partial charge on any atom is 0.265 e. The zero-order valence-electron chi connectivity index (χ0n) is 28.0. The van der Waals surface area contributed by atoms with Crippen molar-refractivity contribution in [2.75, 3.05) is 27.3 Å². The van der Waals surface area contributed by atoms with E-state index in [4.69, 9.17) is 14.0 Å². The first-order chi connectivity index (χ1) is 21.8. The second kappa shape index (κ2) is 11.8. The molecule has 0 fully saturated rings. The van der Waals surface area contributed by atoms with Crippen molar-refractivity contribution < 1.29 is 38.2 Å². The van der Waals surface area contributed by atoms with Gasteiger partial charge in [-0.05, 0) is 71.6 Å². The van der Waals surface area contributed by atoms with Gasteiger partial charge in [0, 0.05) is 46.8 Å². The molecule has 0 saturated heterocycles. The van der Waals surface area contributed by atoms with Gasteiger partial charge in [0.15, 0.2) is 17.1 Å². The van der Waals surface area contributed by atoms with E-state index in [9.17, 15) is 19.8 Å². The highest BCUT2D eigenvalue weighted by Crippen LogP contribution is 2.57. The second-order valence-electron chi connectivity index (χ2n) is 14.5. The Labute approximate surface area is 269 Å². The summed E-state index contributed by atoms with van der Waals surface area (Å²) < 4.78 is 34.3. The van der Waals surface area contributed by atoms with Crippen LogP contribution in [0.2, 0.25) is 0 Å². The van der Waals surface area contributed by atoms with Gasteiger partial charge >= 0.3 is 0 Å². The molecule has 46 heavy (non-hydrogen) atoms. The Morgan fingerprint density at radius 2 is 1.70 bits per heavy atom. The summed E-state index contributed by atoms with van der Waals surface area (Å²) in [7, 11) is 3.57. The zero-order chi connectivity index (χ0) is 33.3. The monoisotopic (exact) mass is 639 g/mol. The summed E-state index contributed by atoms with van der Waals surface area (Å²) in [5.74, 6) is -3.51. The maximum atomic E-state index is 16.6. The zero-order valence-corrected chi connectivity index (χ0v) is 28.0. The van der Waals surface area contributed by atoms with E-state index in [1.807, 2.05) is 13.8 Å². The Morgan fingerprint density at radius 3 is 2.33 bits per heavy atom. The molecule has 2 N–H and O–H groups in total. The molecule has 250 valence electrons. The van der Waals surface area contributed by atoms with Crippen LogP contribution in [-0.4, -0.2) is 75.2 Å². The molecule has 0 saturated carbocycles. The highest BCUT2D eigenvalue weighted by Gasteiger charge is 2.64. The first-order valence-electron chi connectivity index (χ1n) is 16.5. The van der Waals surface area contributed by atoms with Crippen LogP contribution in [0.3, 0.4) is 0 Å². The fourth-order valence-electron chi connectivity index (χ4n) is 7.74. The largest absolute Gasteiger partial charge is 0.508 e. The molecule has 1 aromatic heterocycles. The molecule has 0 radical (unpaired) electrons. The van der Waals surface area contributed by atoms with Crippen molar-refractivity contribution in [2.24, 2.45) is 11.8 Å². The van der Waals surface area contributed by atoms with Crippen molar-refractivity contribution in [3.8, 4) is 11.6 Å². The molecule has 11 heteroatoms. The van der Waals surface area contributed by atoms with Crippen molar-refractivity contribution >= 4 is 11.6 Å². The number of Topliss-reactive ketones (excluding diaryl/α,β-unsaturated/α-hetero) is 2. The van der Waals surface area contributed by atoms with Gasteiger partial charge in [-0.3, -0.25) is 19.4 Å². The van der Waals surface area contributed by atoms with Gasteiger partial charge in [-0.2, -0.15) is 0 Å². The summed E-state index contributed by atoms with van der Waals surface area (Å²) in [5.41, 5.74) is -1.23. The molecule has 1 aromatic carbocycles. The molecule has 6 rings (SSSR count). The number of nitrogens with zero attached hydrogens (tertiary/aromatic N) is 3. The number of fused-ring (bicyclic) bond motifs is 5. The first kappa shape index (κ1) is 32.7. The van der Waals surface area contributed by atoms with E-state index in [1.165, 1.54) is 0 Å². The number of ketones is 2. The van der Waals surface area contributed by atoms with Crippen LogP contribution < -0.4 is 9.47 Å². The van der Waals surface area contributed by atoms with E-state index in [1.54, 1.807) is 19.0 Å². The fourth-order valence-corrected chi connectivity index (χ4v) is 7.74. The smallest absolute Gasteiger partial charge is 0.265 e. The van der Waals surface area contributed by atoms with Crippen LogP contribution in [0.1, 0.15) is 116 Å². The summed E-state index contributed by atoms with van der Waals surface area (Å²) in [6.07, 6.45) is 3.47. The lowest BCUT2D eigenvalue weighted by atomic mass is 9.58. The standard InChI is InChI=1S/C35H46FN3O7/c1-8-10-12-44-29-21-17-39(34(3,4)5)16-20(21)26(36)19-14-18-15-22-27(38(6)7)30-25(33(37-46-30)45-13-11-9-2)32(42)35(22,43)31(41)23(18)28(40)24(19)29/h18,22,27,41,43H,8-17H2,1-7H3/t18-,22-,27-,35-/m0/s1. The highest BCUT2D eigenvalue weighted by molar-refractivity contribution is 6.16. The summed E-state index contributed by atoms with van der Waals surface area (Å²) in [6, 6.07) is -0.674. The number of carbonyl (C=O) groups is 2. The number of carbonyl (C=O) groups excluding carboxylic acids is 2. The number of hydrogen-bond acceptors (Lipinski definition) is 10. The van der Waals surface area contributed by atoms with E-state index in [0.717, 1.165) is 25.7 Å². The number of unbranched alkanes of at least 4 members (excludes halogenated alkanes) is 2. The van der Waals surface area contributed by atoms with Gasteiger partial charge in [0.2, 0.25) is 5.78 Å². The molecule has 2 aromatic rings. The van der Waals surface area contributed by atoms with Gasteiger partial charge in [0.1, 0.15) is 22.9 Å². The molecule has 0 unspecified atom stereocenters. The third-order valence-corrected chi connectivity index (χ3v) is 10.3. The maximum absolute atomic E-state index is 16.6. The normalized spacial score (nSPS) is 25.7. The molecule has 0 bridgehead atoms. The van der Waals surface area contributed by atoms with Crippen LogP contribution in [0.5, 0.6) is 11.6 Å². The Balaban J connectivity index is 1.50. The molecule has 2 heterocycles. The summed E-state index contributed by atoms with van der Waals surface area (Å²) in [4.78, 5) is 32.7. The molecular formula is C35H46FN3O7. The lowest BCUT2D eigenvalue weighted by Gasteiger charge is -2.49. The molecule has 10 nitrogen and oxygen atoms in total. The average Bonchev–Trinajstić information content (AvgIpc) is 3.63. The first-order valence-corrected chi connectivity index (χ1v) is 16.5. The Bertz CT molecular complexity index is 1610. The molecule has 3 aliphatic carbocycles. The molecule has 4 aliphatic rings. The minimum atomic E-state index is -2.43. The number of aliphatic hydroxyl groups is 2. The van der Waals surface area contributed by atoms with Crippen LogP contribution in [0, 0.1) is 17.7 Å². The highest BCUT2D eigenvalue weighted by atomic mass is 19.1. The van der Waals surface area contributed by atoms with Crippen LogP contribution in [0.25, 0.3) is 0 Å². The van der Waals surface area contributed by atoms with E-state index in [-0.39, 0.29) is 52.3 Å². The van der Waals surface area contributed by atoms with Gasteiger partial charge in [-0.15, -0.1) is 0 Å². The fraction of sp³-hybridized carbons (Fsp3) is 0.629. The Kier molecular flexibility index (Phi) is 8.34. The third-order valence-electron chi connectivity index (χ3n) is 10.3. The van der Waals surface area contributed by atoms with Crippen LogP contribution in [0.15, 0.2) is 15.9 Å². The number of hydrogen-bond donors (Lipinski definition) is 2. The number of ether oxygens (including phenoxy) is 2. The minimum absolute atomic E-state index is 0.0301. The van der Waals surface area contributed by atoms with Crippen LogP contribution in [-0.2, 0) is 19.5 Å². The average molecular weight is 640 g/mol. The predicted molar refractivity (Wildman–Crippen MR) is 168 cm³/mol. The van der Waals surface area contributed by atoms with Gasteiger partial charge in [0.05, 0.1) is 24.8 Å². The molecular weight excluding hydrogens is 593 g/mol. The van der Waals surface area contributed by atoms with Crippen molar-refractivity contribution in [3.05, 3.63) is 50.7 Å². The Hall–Kier alpha value is -3.28. The van der Waals surface area contributed by atoms with Crippen molar-refractivity contribution in [3.63, 3.8) is 0 Å². The number of aliphatic hydroxyl groups excluding tert-OH is 1. The lowest BCUT2D eigenvalue weighted by molar-refractivity contribution is -0.0559. The predicted octanol–water partition coefficient (Wildman–Crippen LogP) is 5.70. The lowest BCUT2D eigenvalue weighted by Crippen LogP contribution is -2.59. The number of rotatable bonds is 9. The van der Waals surface area contributed by atoms with Gasteiger partial charge in [-0.25, -0.2) is 4.39 Å². The van der Waals surface area contributed by atoms with E-state index in [2.05, 4.69) is 30.8 Å². The SMILES string of the molecule is CCCCOc1noc2c1C(=O)[C@@]1(O)C(O)=C3C(=O)c4c(c(F)c5c(c4OCCCC)CN(C(C)(C)C)C5)C[C@H]3C[C@H]1[C@@H]2N(C)C. The summed E-state index contributed by atoms with van der Waals surface area (Å²) in [6.45, 7) is 11.7. The van der Waals surface area contributed by atoms with E-state index < -0.39 is 46.6 Å². The van der Waals surface area contributed by atoms with Crippen molar-refractivity contribution in [1.82, 2.24) is 15.0 Å². The van der Waals surface area contributed by atoms with Crippen LogP contribution >= 0.6 is 0 Å². The van der Waals surface area contributed by atoms with Gasteiger partial charge < -0.3 is 24.2 Å². The number of halogens is 1. The summed E-state index contributed by atoms with van der Waals surface area (Å²) >= 11 is 0. The Morgan fingerprint density at radius 1 is 1.04 bits per heavy atom. The molecule has 0 spiro atoms. The van der Waals surface area contributed by atoms with E-state index in [0.29, 0.717) is 43.2 Å². The quantitative estimate of drug-likeness (QED) is 0.330. The molecule has 4 atom stereocenters. The number of aromatic nitrogens is 1. The van der Waals surface area contributed by atoms with Crippen LogP contribution in [0.4, 0.5) is 4.39 Å². The van der Waals surface area contributed by atoms with Gasteiger partial charge in [0.25, 0.3) is 5.88 Å². The number of allylic oxidation sites excluding steroid dienone is 1. The van der Waals surface area contributed by atoms with Crippen molar-refractivity contribution in [1.29, 1.82) is 0 Å². The molecule has 1 aliphatic heterocycles. The topological polar surface area (TPSA) is 126 Å². The molecule has 0 amide bonds. The van der Waals surface area contributed by atoms with E-state index >= 15 is 4.39 Å². The third kappa shape index (κ3) is 4.80. The van der Waals surface area contributed by atoms with Gasteiger partial charge in [-0.1, -0.05) is 26.7 Å². The summed E-state index contributed by atoms with van der Waals surface area (Å²) in [5, 5.41) is 28.3. The second-order valence-corrected chi connectivity index (χ2v) is 14.5. The number of benzene rings is 1.